The zero-order valence-corrected chi connectivity index (χ0v) is 11.1. The van der Waals surface area contributed by atoms with Crippen molar-refractivity contribution in [2.45, 2.75) is 12.8 Å². The van der Waals surface area contributed by atoms with Crippen molar-refractivity contribution in [1.29, 1.82) is 5.26 Å². The Kier molecular flexibility index (Phi) is 3.46. The Morgan fingerprint density at radius 1 is 1.05 bits per heavy atom. The van der Waals surface area contributed by atoms with Gasteiger partial charge in [-0.1, -0.05) is 0 Å². The lowest BCUT2D eigenvalue weighted by molar-refractivity contribution is 0.938. The molecule has 1 N–H and O–H groups in total. The van der Waals surface area contributed by atoms with Crippen LogP contribution in [0.4, 0.5) is 17.3 Å². The third-order valence-corrected chi connectivity index (χ3v) is 3.34. The molecule has 1 saturated heterocycles. The third kappa shape index (κ3) is 2.69. The molecule has 20 heavy (non-hydrogen) atoms. The van der Waals surface area contributed by atoms with E-state index in [1.54, 1.807) is 18.3 Å². The first-order valence-electron chi connectivity index (χ1n) is 6.69. The van der Waals surface area contributed by atoms with Gasteiger partial charge in [-0.2, -0.15) is 5.26 Å². The maximum absolute atomic E-state index is 8.73. The topological polar surface area (TPSA) is 64.8 Å². The highest BCUT2D eigenvalue weighted by atomic mass is 15.2. The van der Waals surface area contributed by atoms with E-state index in [9.17, 15) is 0 Å². The van der Waals surface area contributed by atoms with Crippen LogP contribution in [0.1, 0.15) is 18.4 Å². The molecule has 0 amide bonds. The number of rotatable bonds is 3. The molecule has 3 heterocycles. The Bertz CT molecular complexity index is 606. The van der Waals surface area contributed by atoms with E-state index in [0.717, 1.165) is 24.6 Å². The molecule has 0 atom stereocenters. The van der Waals surface area contributed by atoms with Crippen LogP contribution in [0.2, 0.25) is 0 Å². The van der Waals surface area contributed by atoms with Crippen LogP contribution < -0.4 is 10.2 Å². The predicted octanol–water partition coefficient (Wildman–Crippen LogP) is 2.69. The van der Waals surface area contributed by atoms with E-state index in [4.69, 9.17) is 5.26 Å². The summed E-state index contributed by atoms with van der Waals surface area (Å²) in [5, 5.41) is 11.9. The number of nitrogens with one attached hydrogen (secondary N) is 1. The fourth-order valence-corrected chi connectivity index (χ4v) is 2.28. The van der Waals surface area contributed by atoms with Gasteiger partial charge in [0.25, 0.3) is 0 Å². The van der Waals surface area contributed by atoms with Gasteiger partial charge in [0, 0.05) is 19.3 Å². The number of nitriles is 1. The van der Waals surface area contributed by atoms with Crippen LogP contribution >= 0.6 is 0 Å². The summed E-state index contributed by atoms with van der Waals surface area (Å²) in [5.74, 6) is 1.74. The lowest BCUT2D eigenvalue weighted by atomic mass is 10.3. The Morgan fingerprint density at radius 3 is 2.50 bits per heavy atom. The maximum atomic E-state index is 8.73. The molecule has 2 aromatic heterocycles. The first-order chi connectivity index (χ1) is 9.85. The molecule has 0 aromatic carbocycles. The van der Waals surface area contributed by atoms with Crippen LogP contribution in [-0.4, -0.2) is 23.1 Å². The molecule has 100 valence electrons. The molecule has 1 aliphatic rings. The molecule has 5 heteroatoms. The quantitative estimate of drug-likeness (QED) is 0.924. The smallest absolute Gasteiger partial charge is 0.130 e. The summed E-state index contributed by atoms with van der Waals surface area (Å²) in [6.45, 7) is 2.19. The van der Waals surface area contributed by atoms with Crippen LogP contribution in [0.25, 0.3) is 0 Å². The molecule has 0 saturated carbocycles. The molecule has 0 aliphatic carbocycles. The fraction of sp³-hybridized carbons (Fsp3) is 0.267. The highest BCUT2D eigenvalue weighted by Gasteiger charge is 2.12. The van der Waals surface area contributed by atoms with Crippen molar-refractivity contribution in [3.63, 3.8) is 0 Å². The van der Waals surface area contributed by atoms with Gasteiger partial charge in [0.1, 0.15) is 17.7 Å². The van der Waals surface area contributed by atoms with E-state index < -0.39 is 0 Å². The summed E-state index contributed by atoms with van der Waals surface area (Å²) in [6.07, 6.45) is 5.86. The zero-order chi connectivity index (χ0) is 13.8. The molecule has 0 radical (unpaired) electrons. The summed E-state index contributed by atoms with van der Waals surface area (Å²) in [4.78, 5) is 10.9. The maximum Gasteiger partial charge on any atom is 0.130 e. The van der Waals surface area contributed by atoms with Gasteiger partial charge >= 0.3 is 0 Å². The Labute approximate surface area is 117 Å². The van der Waals surface area contributed by atoms with Gasteiger partial charge in [0.15, 0.2) is 0 Å². The van der Waals surface area contributed by atoms with Crippen LogP contribution in [0.3, 0.4) is 0 Å². The minimum atomic E-state index is 0.554. The standard InChI is InChI=1S/C15H15N5/c16-9-12-3-5-14(17-10-12)19-13-4-6-15(18-11-13)20-7-1-2-8-20/h3-6,10-11H,1-2,7-8H2,(H,17,19). The highest BCUT2D eigenvalue weighted by molar-refractivity contribution is 5.57. The number of anilines is 3. The fourth-order valence-electron chi connectivity index (χ4n) is 2.28. The van der Waals surface area contributed by atoms with Crippen molar-refractivity contribution in [2.75, 3.05) is 23.3 Å². The first kappa shape index (κ1) is 12.4. The van der Waals surface area contributed by atoms with Crippen LogP contribution in [0.15, 0.2) is 36.7 Å². The number of hydrogen-bond donors (Lipinski definition) is 1. The summed E-state index contributed by atoms with van der Waals surface area (Å²) in [7, 11) is 0. The summed E-state index contributed by atoms with van der Waals surface area (Å²) in [5.41, 5.74) is 1.45. The number of nitrogens with zero attached hydrogens (tertiary/aromatic N) is 4. The second-order valence-electron chi connectivity index (χ2n) is 4.77. The van der Waals surface area contributed by atoms with E-state index in [1.165, 1.54) is 12.8 Å². The van der Waals surface area contributed by atoms with Crippen molar-refractivity contribution in [2.24, 2.45) is 0 Å². The summed E-state index contributed by atoms with van der Waals surface area (Å²) >= 11 is 0. The van der Waals surface area contributed by atoms with Crippen molar-refractivity contribution in [3.05, 3.63) is 42.2 Å². The average Bonchev–Trinajstić information content (AvgIpc) is 3.03. The first-order valence-corrected chi connectivity index (χ1v) is 6.69. The predicted molar refractivity (Wildman–Crippen MR) is 77.9 cm³/mol. The molecule has 5 nitrogen and oxygen atoms in total. The number of pyridine rings is 2. The molecule has 0 bridgehead atoms. The van der Waals surface area contributed by atoms with Gasteiger partial charge in [0.05, 0.1) is 17.4 Å². The molecule has 2 aromatic rings. The normalized spacial score (nSPS) is 14.1. The van der Waals surface area contributed by atoms with Gasteiger partial charge in [0.2, 0.25) is 0 Å². The monoisotopic (exact) mass is 265 g/mol. The minimum absolute atomic E-state index is 0.554. The second kappa shape index (κ2) is 5.57. The summed E-state index contributed by atoms with van der Waals surface area (Å²) in [6, 6.07) is 9.60. The lowest BCUT2D eigenvalue weighted by Crippen LogP contribution is -2.18. The van der Waals surface area contributed by atoms with Crippen LogP contribution in [0.5, 0.6) is 0 Å². The Morgan fingerprint density at radius 2 is 1.90 bits per heavy atom. The van der Waals surface area contributed by atoms with E-state index in [2.05, 4.69) is 20.2 Å². The molecule has 0 spiro atoms. The van der Waals surface area contributed by atoms with E-state index in [0.29, 0.717) is 11.4 Å². The van der Waals surface area contributed by atoms with Crippen molar-refractivity contribution in [3.8, 4) is 6.07 Å². The van der Waals surface area contributed by atoms with Crippen molar-refractivity contribution in [1.82, 2.24) is 9.97 Å². The van der Waals surface area contributed by atoms with Crippen LogP contribution in [0, 0.1) is 11.3 Å². The molecular weight excluding hydrogens is 250 g/mol. The summed E-state index contributed by atoms with van der Waals surface area (Å²) < 4.78 is 0. The molecule has 0 unspecified atom stereocenters. The highest BCUT2D eigenvalue weighted by Crippen LogP contribution is 2.20. The Balaban J connectivity index is 1.69. The molecule has 3 rings (SSSR count). The van der Waals surface area contributed by atoms with Gasteiger partial charge in [-0.3, -0.25) is 0 Å². The minimum Gasteiger partial charge on any atom is -0.357 e. The van der Waals surface area contributed by atoms with Crippen molar-refractivity contribution < 1.29 is 0 Å². The lowest BCUT2D eigenvalue weighted by Gasteiger charge is -2.16. The number of hydrogen-bond acceptors (Lipinski definition) is 5. The number of aromatic nitrogens is 2. The zero-order valence-electron chi connectivity index (χ0n) is 11.1. The van der Waals surface area contributed by atoms with Gasteiger partial charge in [-0.15, -0.1) is 0 Å². The van der Waals surface area contributed by atoms with Crippen molar-refractivity contribution >= 4 is 17.3 Å². The average molecular weight is 265 g/mol. The van der Waals surface area contributed by atoms with Gasteiger partial charge in [-0.25, -0.2) is 9.97 Å². The van der Waals surface area contributed by atoms with E-state index >= 15 is 0 Å². The van der Waals surface area contributed by atoms with Crippen LogP contribution in [-0.2, 0) is 0 Å². The third-order valence-electron chi connectivity index (χ3n) is 3.34. The van der Waals surface area contributed by atoms with Gasteiger partial charge < -0.3 is 10.2 Å². The SMILES string of the molecule is N#Cc1ccc(Nc2ccc(N3CCCC3)nc2)nc1. The van der Waals surface area contributed by atoms with E-state index in [1.807, 2.05) is 24.4 Å². The molecule has 1 fully saturated rings. The largest absolute Gasteiger partial charge is 0.357 e. The molecule has 1 aliphatic heterocycles. The Hall–Kier alpha value is -2.61. The van der Waals surface area contributed by atoms with E-state index in [-0.39, 0.29) is 0 Å². The van der Waals surface area contributed by atoms with Gasteiger partial charge in [-0.05, 0) is 37.1 Å². The second-order valence-corrected chi connectivity index (χ2v) is 4.77. The molecular formula is C15H15N5.